The lowest BCUT2D eigenvalue weighted by Crippen LogP contribution is -2.43. The maximum Gasteiger partial charge on any atom is 0.311 e. The average Bonchev–Trinajstić information content (AvgIpc) is 2.96. The van der Waals surface area contributed by atoms with Crippen LogP contribution in [0.15, 0.2) is 12.1 Å². The zero-order valence-electron chi connectivity index (χ0n) is 18.3. The van der Waals surface area contributed by atoms with Crippen molar-refractivity contribution < 1.29 is 24.0 Å². The van der Waals surface area contributed by atoms with Crippen molar-refractivity contribution in [3.63, 3.8) is 0 Å². The minimum atomic E-state index is -0.488. The fourth-order valence-electron chi connectivity index (χ4n) is 3.40. The number of carbonyl (C=O) groups excluding carboxylic acids is 2. The molecule has 1 N–H and O–H groups in total. The van der Waals surface area contributed by atoms with Gasteiger partial charge in [-0.1, -0.05) is 0 Å². The van der Waals surface area contributed by atoms with E-state index in [1.165, 1.54) is 6.07 Å². The van der Waals surface area contributed by atoms with Crippen LogP contribution in [0.1, 0.15) is 63.4 Å². The van der Waals surface area contributed by atoms with E-state index in [1.54, 1.807) is 6.07 Å². The smallest absolute Gasteiger partial charge is 0.311 e. The molecule has 0 spiro atoms. The Kier molecular flexibility index (Phi) is 7.77. The number of nitro benzene ring substituents is 1. The van der Waals surface area contributed by atoms with Gasteiger partial charge in [-0.15, -0.1) is 0 Å². The predicted octanol–water partition coefficient (Wildman–Crippen LogP) is 3.05. The van der Waals surface area contributed by atoms with Crippen molar-refractivity contribution in [2.75, 3.05) is 13.1 Å². The van der Waals surface area contributed by atoms with Gasteiger partial charge in [0.15, 0.2) is 5.75 Å². The fraction of sp³-hybridized carbons (Fsp3) is 0.619. The molecule has 1 amide bonds. The molecule has 0 bridgehead atoms. The summed E-state index contributed by atoms with van der Waals surface area (Å²) in [6.07, 6.45) is 1.67. The normalized spacial score (nSPS) is 16.6. The van der Waals surface area contributed by atoms with E-state index in [0.29, 0.717) is 18.6 Å². The number of hydrogen-bond donors (Lipinski definition) is 1. The minimum Gasteiger partial charge on any atom is -0.484 e. The number of benzene rings is 1. The Morgan fingerprint density at radius 1 is 1.27 bits per heavy atom. The molecule has 3 rings (SSSR count). The van der Waals surface area contributed by atoms with Crippen LogP contribution in [0.3, 0.4) is 0 Å². The number of fused-ring (bicyclic) bond motifs is 1. The molecule has 9 nitrogen and oxygen atoms in total. The molecule has 0 atom stereocenters. The van der Waals surface area contributed by atoms with Crippen LogP contribution in [0.4, 0.5) is 5.69 Å². The molecule has 0 aromatic heterocycles. The number of amides is 1. The van der Waals surface area contributed by atoms with E-state index >= 15 is 0 Å². The van der Waals surface area contributed by atoms with Crippen LogP contribution in [0.5, 0.6) is 5.75 Å². The van der Waals surface area contributed by atoms with Crippen molar-refractivity contribution in [2.45, 2.75) is 71.8 Å². The third kappa shape index (κ3) is 6.16. The van der Waals surface area contributed by atoms with E-state index in [1.807, 2.05) is 39.5 Å². The van der Waals surface area contributed by atoms with Crippen LogP contribution in [0.25, 0.3) is 0 Å². The Labute approximate surface area is 176 Å². The van der Waals surface area contributed by atoms with E-state index in [-0.39, 0.29) is 35.1 Å². The third-order valence-corrected chi connectivity index (χ3v) is 4.73. The molecule has 1 fully saturated rings. The number of piperidine rings is 1. The SMILES string of the molecule is CC(C)(C)OC=O.CC(C)Oc1cc2c(cc1[N+](=O)[O-])C(=O)N(C1CCNCC1)C2. The molecule has 0 saturated carbocycles. The molecule has 1 aromatic carbocycles. The lowest BCUT2D eigenvalue weighted by molar-refractivity contribution is -0.386. The van der Waals surface area contributed by atoms with Gasteiger partial charge in [0.1, 0.15) is 5.60 Å². The van der Waals surface area contributed by atoms with Gasteiger partial charge < -0.3 is 19.7 Å². The van der Waals surface area contributed by atoms with Crippen LogP contribution in [-0.4, -0.2) is 53.0 Å². The molecule has 1 aromatic rings. The van der Waals surface area contributed by atoms with Crippen LogP contribution in [0.2, 0.25) is 0 Å². The highest BCUT2D eigenvalue weighted by Gasteiger charge is 2.36. The summed E-state index contributed by atoms with van der Waals surface area (Å²) in [4.78, 5) is 34.9. The van der Waals surface area contributed by atoms with E-state index < -0.39 is 4.92 Å². The highest BCUT2D eigenvalue weighted by atomic mass is 16.6. The Morgan fingerprint density at radius 2 is 1.90 bits per heavy atom. The monoisotopic (exact) mass is 421 g/mol. The van der Waals surface area contributed by atoms with E-state index in [0.717, 1.165) is 31.5 Å². The molecule has 166 valence electrons. The first-order valence-corrected chi connectivity index (χ1v) is 10.1. The van der Waals surface area contributed by atoms with E-state index in [9.17, 15) is 19.7 Å². The quantitative estimate of drug-likeness (QED) is 0.442. The summed E-state index contributed by atoms with van der Waals surface area (Å²) in [6, 6.07) is 3.23. The van der Waals surface area contributed by atoms with Crippen molar-refractivity contribution in [1.29, 1.82) is 0 Å². The Bertz CT molecular complexity index is 782. The number of nitrogens with zero attached hydrogens (tertiary/aromatic N) is 2. The van der Waals surface area contributed by atoms with Crippen molar-refractivity contribution in [2.24, 2.45) is 0 Å². The highest BCUT2D eigenvalue weighted by molar-refractivity contribution is 5.99. The van der Waals surface area contributed by atoms with Crippen molar-refractivity contribution in [3.05, 3.63) is 33.4 Å². The maximum atomic E-state index is 12.6. The van der Waals surface area contributed by atoms with Crippen LogP contribution in [0, 0.1) is 10.1 Å². The van der Waals surface area contributed by atoms with Gasteiger partial charge in [-0.3, -0.25) is 19.7 Å². The van der Waals surface area contributed by atoms with Crippen LogP contribution < -0.4 is 10.1 Å². The van der Waals surface area contributed by atoms with Crippen molar-refractivity contribution in [1.82, 2.24) is 10.2 Å². The third-order valence-electron chi connectivity index (χ3n) is 4.73. The van der Waals surface area contributed by atoms with Gasteiger partial charge in [0.05, 0.1) is 16.6 Å². The first-order chi connectivity index (χ1) is 14.0. The summed E-state index contributed by atoms with van der Waals surface area (Å²) in [6.45, 7) is 11.9. The average molecular weight is 421 g/mol. The van der Waals surface area contributed by atoms with Gasteiger partial charge in [-0.05, 0) is 72.2 Å². The molecule has 2 heterocycles. The van der Waals surface area contributed by atoms with Gasteiger partial charge in [0.2, 0.25) is 0 Å². The number of nitro groups is 1. The maximum absolute atomic E-state index is 12.6. The summed E-state index contributed by atoms with van der Waals surface area (Å²) in [5.41, 5.74) is 0.793. The zero-order valence-corrected chi connectivity index (χ0v) is 18.3. The molecule has 0 aliphatic carbocycles. The van der Waals surface area contributed by atoms with Gasteiger partial charge >= 0.3 is 5.69 Å². The number of hydrogen-bond acceptors (Lipinski definition) is 7. The van der Waals surface area contributed by atoms with Crippen molar-refractivity contribution in [3.8, 4) is 5.75 Å². The topological polar surface area (TPSA) is 111 Å². The summed E-state index contributed by atoms with van der Waals surface area (Å²) < 4.78 is 10.1. The van der Waals surface area contributed by atoms with Crippen molar-refractivity contribution >= 4 is 18.1 Å². The standard InChI is InChI=1S/C16H21N3O4.C5H10O2/c1-10(2)23-15-7-11-9-18(12-3-5-17-6-4-12)16(20)13(11)8-14(15)19(21)22;1-5(2,3)7-4-6/h7-8,10,12,17H,3-6,9H2,1-2H3;4H,1-3H3. The zero-order chi connectivity index (χ0) is 22.5. The van der Waals surface area contributed by atoms with Gasteiger partial charge in [-0.2, -0.15) is 0 Å². The molecule has 9 heteroatoms. The predicted molar refractivity (Wildman–Crippen MR) is 112 cm³/mol. The highest BCUT2D eigenvalue weighted by Crippen LogP contribution is 2.36. The van der Waals surface area contributed by atoms with Gasteiger partial charge in [-0.25, -0.2) is 0 Å². The van der Waals surface area contributed by atoms with Gasteiger partial charge in [0, 0.05) is 18.7 Å². The molecular weight excluding hydrogens is 390 g/mol. The number of carbonyl (C=O) groups is 2. The summed E-state index contributed by atoms with van der Waals surface area (Å²) in [5, 5.41) is 14.6. The number of rotatable bonds is 5. The number of nitrogens with one attached hydrogen (secondary N) is 1. The summed E-state index contributed by atoms with van der Waals surface area (Å²) >= 11 is 0. The second-order valence-electron chi connectivity index (χ2n) is 8.64. The van der Waals surface area contributed by atoms with E-state index in [2.05, 4.69) is 10.1 Å². The first-order valence-electron chi connectivity index (χ1n) is 10.1. The molecule has 30 heavy (non-hydrogen) atoms. The minimum absolute atomic E-state index is 0.105. The molecule has 0 radical (unpaired) electrons. The Balaban J connectivity index is 0.000000396. The molecule has 0 unspecified atom stereocenters. The lowest BCUT2D eigenvalue weighted by atomic mass is 10.1. The summed E-state index contributed by atoms with van der Waals surface area (Å²) in [7, 11) is 0. The van der Waals surface area contributed by atoms with E-state index in [4.69, 9.17) is 4.74 Å². The first kappa shape index (κ1) is 23.6. The molecule has 2 aliphatic rings. The van der Waals surface area contributed by atoms with Crippen LogP contribution >= 0.6 is 0 Å². The molecular formula is C21H31N3O6. The second-order valence-corrected chi connectivity index (χ2v) is 8.64. The lowest BCUT2D eigenvalue weighted by Gasteiger charge is -2.31. The second kappa shape index (κ2) is 9.88. The fourth-order valence-corrected chi connectivity index (χ4v) is 3.40. The van der Waals surface area contributed by atoms with Crippen LogP contribution in [-0.2, 0) is 16.1 Å². The summed E-state index contributed by atoms with van der Waals surface area (Å²) in [5.74, 6) is 0.134. The largest absolute Gasteiger partial charge is 0.484 e. The Morgan fingerprint density at radius 3 is 2.37 bits per heavy atom. The van der Waals surface area contributed by atoms with Gasteiger partial charge in [0.25, 0.3) is 12.4 Å². The molecule has 2 aliphatic heterocycles. The Hall–Kier alpha value is -2.68. The molecule has 1 saturated heterocycles. The number of ether oxygens (including phenoxy) is 2.